The number of Topliss-reactive ketones (excluding diaryl/α,β-unsaturated/α-hetero) is 1. The number of hydrogen-bond acceptors (Lipinski definition) is 5. The van der Waals surface area contributed by atoms with E-state index in [1.807, 2.05) is 20.3 Å². The second kappa shape index (κ2) is 9.07. The summed E-state index contributed by atoms with van der Waals surface area (Å²) in [7, 11) is 6.18. The molecule has 1 unspecified atom stereocenters. The molecule has 3 N–H and O–H groups in total. The van der Waals surface area contributed by atoms with Crippen LogP contribution in [0.25, 0.3) is 0 Å². The highest BCUT2D eigenvalue weighted by Gasteiger charge is 2.38. The lowest BCUT2D eigenvalue weighted by Crippen LogP contribution is -2.36. The number of carbonyl (C=O) groups is 2. The lowest BCUT2D eigenvalue weighted by Gasteiger charge is -2.34. The summed E-state index contributed by atoms with van der Waals surface area (Å²) in [6.45, 7) is 1.66. The van der Waals surface area contributed by atoms with Crippen molar-refractivity contribution in [2.24, 2.45) is 0 Å². The van der Waals surface area contributed by atoms with E-state index in [4.69, 9.17) is 9.90 Å². The van der Waals surface area contributed by atoms with Crippen LogP contribution >= 0.6 is 0 Å². The molecule has 7 nitrogen and oxygen atoms in total. The summed E-state index contributed by atoms with van der Waals surface area (Å²) >= 11 is 0. The van der Waals surface area contributed by atoms with Gasteiger partial charge in [-0.25, -0.2) is 4.79 Å². The number of carboxylic acid groups (broad SMARTS) is 1. The number of aliphatic carboxylic acids is 1. The molecule has 2 heterocycles. The minimum atomic E-state index is -5.08. The summed E-state index contributed by atoms with van der Waals surface area (Å²) < 4.78 is 31.7. The topological polar surface area (TPSA) is 88.7 Å². The number of nitrogens with one attached hydrogen (secondary N) is 2. The van der Waals surface area contributed by atoms with Crippen molar-refractivity contribution in [3.8, 4) is 0 Å². The van der Waals surface area contributed by atoms with E-state index in [9.17, 15) is 18.0 Å². The summed E-state index contributed by atoms with van der Waals surface area (Å²) in [4.78, 5) is 29.3. The Hall–Kier alpha value is -3.27. The number of aromatic amines is 1. The lowest BCUT2D eigenvalue weighted by molar-refractivity contribution is -0.192. The van der Waals surface area contributed by atoms with Gasteiger partial charge in [-0.2, -0.15) is 13.2 Å². The van der Waals surface area contributed by atoms with Gasteiger partial charge in [-0.05, 0) is 42.8 Å². The van der Waals surface area contributed by atoms with Crippen molar-refractivity contribution in [3.05, 3.63) is 64.6 Å². The molecule has 0 fully saturated rings. The average Bonchev–Trinajstić information content (AvgIpc) is 3.16. The molecule has 0 spiro atoms. The zero-order chi connectivity index (χ0) is 23.6. The number of benzene rings is 1. The van der Waals surface area contributed by atoms with Crippen molar-refractivity contribution in [2.45, 2.75) is 25.2 Å². The number of hydrogen-bond donors (Lipinski definition) is 3. The predicted molar refractivity (Wildman–Crippen MR) is 114 cm³/mol. The van der Waals surface area contributed by atoms with Gasteiger partial charge in [-0.15, -0.1) is 0 Å². The van der Waals surface area contributed by atoms with Crippen molar-refractivity contribution in [3.63, 3.8) is 0 Å². The Labute approximate surface area is 183 Å². The fraction of sp³-hybridized carbons (Fsp3) is 0.364. The number of halogens is 3. The molecule has 1 aliphatic carbocycles. The third-order valence-corrected chi connectivity index (χ3v) is 5.48. The molecule has 0 amide bonds. The summed E-state index contributed by atoms with van der Waals surface area (Å²) in [6, 6.07) is 8.57. The number of H-pyrrole nitrogens is 1. The van der Waals surface area contributed by atoms with Crippen LogP contribution in [0.1, 0.15) is 33.2 Å². The number of carbonyl (C=O) groups excluding carboxylic acids is 1. The van der Waals surface area contributed by atoms with Gasteiger partial charge in [0.15, 0.2) is 0 Å². The zero-order valence-electron chi connectivity index (χ0n) is 18.0. The van der Waals surface area contributed by atoms with E-state index in [1.165, 1.54) is 16.8 Å². The first-order chi connectivity index (χ1) is 15.0. The van der Waals surface area contributed by atoms with Crippen LogP contribution in [-0.4, -0.2) is 60.6 Å². The SMILES string of the molecule is CN(C)c1ccc(CNC2=CC3c4c(c[nH]c4C2=O)CCN3C)cc1.O=C(O)C(F)(F)F. The van der Waals surface area contributed by atoms with Gasteiger partial charge in [0.05, 0.1) is 17.4 Å². The largest absolute Gasteiger partial charge is 0.490 e. The Morgan fingerprint density at radius 1 is 1.28 bits per heavy atom. The maximum Gasteiger partial charge on any atom is 0.490 e. The minimum absolute atomic E-state index is 0.0673. The number of alkyl halides is 3. The zero-order valence-corrected chi connectivity index (χ0v) is 18.0. The van der Waals surface area contributed by atoms with Gasteiger partial charge in [0.1, 0.15) is 0 Å². The second-order valence-corrected chi connectivity index (χ2v) is 7.90. The van der Waals surface area contributed by atoms with Crippen LogP contribution in [0.4, 0.5) is 18.9 Å². The standard InChI is InChI=1S/C20H24N4O.C2HF3O2/c1-23(2)15-6-4-13(5-7-15)11-21-16-10-17-18-14(8-9-24(17)3)12-22-19(18)20(16)25;3-2(4,5)1(6)7/h4-7,10,12,17,21-22H,8-9,11H2,1-3H3;(H,6,7). The smallest absolute Gasteiger partial charge is 0.475 e. The highest BCUT2D eigenvalue weighted by atomic mass is 19.4. The quantitative estimate of drug-likeness (QED) is 0.664. The van der Waals surface area contributed by atoms with Gasteiger partial charge in [0.25, 0.3) is 0 Å². The molecule has 2 aromatic rings. The van der Waals surface area contributed by atoms with Crippen molar-refractivity contribution in [1.29, 1.82) is 0 Å². The third-order valence-electron chi connectivity index (χ3n) is 5.48. The Morgan fingerprint density at radius 2 is 1.91 bits per heavy atom. The van der Waals surface area contributed by atoms with Crippen molar-refractivity contribution < 1.29 is 27.9 Å². The van der Waals surface area contributed by atoms with Gasteiger partial charge in [0, 0.05) is 44.6 Å². The van der Waals surface area contributed by atoms with E-state index in [2.05, 4.69) is 57.5 Å². The number of carboxylic acids is 1. The van der Waals surface area contributed by atoms with Gasteiger partial charge >= 0.3 is 12.1 Å². The molecule has 1 aromatic heterocycles. The molecule has 10 heteroatoms. The first-order valence-electron chi connectivity index (χ1n) is 9.96. The lowest BCUT2D eigenvalue weighted by atomic mass is 9.88. The molecule has 1 atom stereocenters. The Bertz CT molecular complexity index is 1030. The van der Waals surface area contributed by atoms with Crippen LogP contribution in [0.2, 0.25) is 0 Å². The summed E-state index contributed by atoms with van der Waals surface area (Å²) in [5.41, 5.74) is 6.22. The number of ketones is 1. The average molecular weight is 450 g/mol. The van der Waals surface area contributed by atoms with Gasteiger partial charge in [-0.1, -0.05) is 12.1 Å². The van der Waals surface area contributed by atoms with E-state index < -0.39 is 12.1 Å². The monoisotopic (exact) mass is 450 g/mol. The van der Waals surface area contributed by atoms with E-state index in [0.29, 0.717) is 12.2 Å². The summed E-state index contributed by atoms with van der Waals surface area (Å²) in [5.74, 6) is -2.69. The Morgan fingerprint density at radius 3 is 2.47 bits per heavy atom. The molecule has 172 valence electrons. The maximum absolute atomic E-state index is 12.8. The molecule has 0 saturated heterocycles. The van der Waals surface area contributed by atoms with Crippen LogP contribution in [-0.2, 0) is 17.8 Å². The molecular weight excluding hydrogens is 425 g/mol. The van der Waals surface area contributed by atoms with Gasteiger partial charge in [0.2, 0.25) is 5.78 Å². The second-order valence-electron chi connectivity index (χ2n) is 7.90. The Balaban J connectivity index is 0.000000360. The first kappa shape index (κ1) is 23.4. The van der Waals surface area contributed by atoms with Crippen LogP contribution in [0, 0.1) is 0 Å². The highest BCUT2D eigenvalue weighted by Crippen LogP contribution is 2.37. The van der Waals surface area contributed by atoms with E-state index in [-0.39, 0.29) is 11.8 Å². The number of aromatic nitrogens is 1. The fourth-order valence-corrected chi connectivity index (χ4v) is 3.69. The van der Waals surface area contributed by atoms with Crippen LogP contribution in [0.15, 0.2) is 42.2 Å². The van der Waals surface area contributed by atoms with Crippen molar-refractivity contribution in [1.82, 2.24) is 15.2 Å². The molecular formula is C22H25F3N4O3. The van der Waals surface area contributed by atoms with Crippen molar-refractivity contribution >= 4 is 17.4 Å². The Kier molecular flexibility index (Phi) is 6.63. The third kappa shape index (κ3) is 4.96. The van der Waals surface area contributed by atoms with E-state index in [0.717, 1.165) is 24.2 Å². The summed E-state index contributed by atoms with van der Waals surface area (Å²) in [6.07, 6.45) is -0.00435. The van der Waals surface area contributed by atoms with Gasteiger partial charge < -0.3 is 20.3 Å². The minimum Gasteiger partial charge on any atom is -0.475 e. The fourth-order valence-electron chi connectivity index (χ4n) is 3.69. The molecule has 2 aliphatic rings. The molecule has 0 bridgehead atoms. The van der Waals surface area contributed by atoms with E-state index in [1.54, 1.807) is 0 Å². The molecule has 1 aromatic carbocycles. The van der Waals surface area contributed by atoms with Crippen LogP contribution in [0.5, 0.6) is 0 Å². The molecule has 4 rings (SSSR count). The molecule has 1 aliphatic heterocycles. The number of rotatable bonds is 4. The number of nitrogens with zero attached hydrogens (tertiary/aromatic N) is 2. The number of anilines is 1. The normalized spacial score (nSPS) is 17.6. The van der Waals surface area contributed by atoms with Crippen LogP contribution < -0.4 is 10.2 Å². The predicted octanol–water partition coefficient (Wildman–Crippen LogP) is 3.11. The maximum atomic E-state index is 12.8. The van der Waals surface area contributed by atoms with Crippen LogP contribution in [0.3, 0.4) is 0 Å². The number of allylic oxidation sites excluding steroid dienone is 1. The van der Waals surface area contributed by atoms with Crippen molar-refractivity contribution in [2.75, 3.05) is 32.6 Å². The highest BCUT2D eigenvalue weighted by molar-refractivity contribution is 6.09. The molecule has 0 radical (unpaired) electrons. The van der Waals surface area contributed by atoms with E-state index >= 15 is 0 Å². The number of likely N-dealkylation sites (N-methyl/N-ethyl adjacent to an activating group) is 1. The molecule has 32 heavy (non-hydrogen) atoms. The molecule has 0 saturated carbocycles. The first-order valence-corrected chi connectivity index (χ1v) is 9.96. The van der Waals surface area contributed by atoms with Gasteiger partial charge in [-0.3, -0.25) is 9.69 Å². The summed E-state index contributed by atoms with van der Waals surface area (Å²) in [5, 5.41) is 10.5.